The molecule has 0 saturated carbocycles. The molecule has 0 aromatic carbocycles. The zero-order valence-corrected chi connectivity index (χ0v) is 12.0. The largest absolute Gasteiger partial charge is 0.384 e. The number of hydrogen-bond donors (Lipinski definition) is 1. The second-order valence-corrected chi connectivity index (χ2v) is 5.61. The third-order valence-corrected chi connectivity index (χ3v) is 3.89. The second-order valence-electron chi connectivity index (χ2n) is 5.61. The summed E-state index contributed by atoms with van der Waals surface area (Å²) in [6.45, 7) is 7.17. The molecule has 0 spiro atoms. The van der Waals surface area contributed by atoms with Gasteiger partial charge in [-0.05, 0) is 44.2 Å². The summed E-state index contributed by atoms with van der Waals surface area (Å²) in [6, 6.07) is 3.86. The van der Waals surface area contributed by atoms with Gasteiger partial charge in [-0.3, -0.25) is 4.79 Å². The fourth-order valence-corrected chi connectivity index (χ4v) is 2.65. The van der Waals surface area contributed by atoms with Crippen LogP contribution in [0.5, 0.6) is 0 Å². The summed E-state index contributed by atoms with van der Waals surface area (Å²) in [5, 5.41) is 0. The van der Waals surface area contributed by atoms with Crippen molar-refractivity contribution in [3.05, 3.63) is 23.4 Å². The van der Waals surface area contributed by atoms with Gasteiger partial charge in [-0.25, -0.2) is 4.98 Å². The van der Waals surface area contributed by atoms with Crippen LogP contribution in [0.25, 0.3) is 0 Å². The molecule has 4 heteroatoms. The van der Waals surface area contributed by atoms with Crippen molar-refractivity contribution in [1.82, 2.24) is 9.88 Å². The van der Waals surface area contributed by atoms with Gasteiger partial charge in [-0.1, -0.05) is 13.8 Å². The number of aromatic nitrogens is 1. The van der Waals surface area contributed by atoms with Crippen LogP contribution in [-0.2, 0) is 6.42 Å². The van der Waals surface area contributed by atoms with Crippen LogP contribution in [0.4, 0.5) is 5.82 Å². The minimum absolute atomic E-state index is 0.0860. The Bertz CT molecular complexity index is 472. The standard InChI is InChI=1S/C15H23N3O/c1-4-13-7-12(8-14(16)17-13)15(19)18-9-10(2)5-6-11(18)3/h7-8,10-11H,4-6,9H2,1-3H3,(H2,16,17). The van der Waals surface area contributed by atoms with Crippen LogP contribution in [0.2, 0.25) is 0 Å². The van der Waals surface area contributed by atoms with E-state index in [0.717, 1.165) is 25.1 Å². The van der Waals surface area contributed by atoms with Crippen molar-refractivity contribution >= 4 is 11.7 Å². The van der Waals surface area contributed by atoms with Crippen molar-refractivity contribution in [2.45, 2.75) is 46.1 Å². The number of anilines is 1. The quantitative estimate of drug-likeness (QED) is 0.889. The highest BCUT2D eigenvalue weighted by molar-refractivity contribution is 5.95. The highest BCUT2D eigenvalue weighted by Crippen LogP contribution is 2.23. The van der Waals surface area contributed by atoms with Gasteiger partial charge in [0.25, 0.3) is 5.91 Å². The maximum absolute atomic E-state index is 12.6. The van der Waals surface area contributed by atoms with E-state index in [2.05, 4.69) is 18.8 Å². The summed E-state index contributed by atoms with van der Waals surface area (Å²) >= 11 is 0. The minimum Gasteiger partial charge on any atom is -0.384 e. The van der Waals surface area contributed by atoms with E-state index in [4.69, 9.17) is 5.73 Å². The highest BCUT2D eigenvalue weighted by Gasteiger charge is 2.27. The average Bonchev–Trinajstić information content (AvgIpc) is 2.40. The number of likely N-dealkylation sites (tertiary alicyclic amines) is 1. The first-order valence-electron chi connectivity index (χ1n) is 7.08. The summed E-state index contributed by atoms with van der Waals surface area (Å²) in [5.41, 5.74) is 7.33. The van der Waals surface area contributed by atoms with Crippen LogP contribution in [0.15, 0.2) is 12.1 Å². The van der Waals surface area contributed by atoms with E-state index in [1.807, 2.05) is 17.9 Å². The number of pyridine rings is 1. The van der Waals surface area contributed by atoms with Crippen molar-refractivity contribution in [1.29, 1.82) is 0 Å². The maximum atomic E-state index is 12.6. The molecule has 0 aliphatic carbocycles. The van der Waals surface area contributed by atoms with Gasteiger partial charge < -0.3 is 10.6 Å². The fraction of sp³-hybridized carbons (Fsp3) is 0.600. The van der Waals surface area contributed by atoms with Gasteiger partial charge in [0.2, 0.25) is 0 Å². The molecule has 2 N–H and O–H groups in total. The zero-order valence-electron chi connectivity index (χ0n) is 12.0. The van der Waals surface area contributed by atoms with Crippen LogP contribution in [0.3, 0.4) is 0 Å². The Morgan fingerprint density at radius 2 is 2.16 bits per heavy atom. The molecule has 1 amide bonds. The van der Waals surface area contributed by atoms with Crippen molar-refractivity contribution < 1.29 is 4.79 Å². The summed E-state index contributed by atoms with van der Waals surface area (Å²) in [7, 11) is 0. The zero-order chi connectivity index (χ0) is 14.0. The number of carbonyl (C=O) groups excluding carboxylic acids is 1. The molecule has 2 heterocycles. The van der Waals surface area contributed by atoms with E-state index in [0.29, 0.717) is 23.3 Å². The predicted octanol–water partition coefficient (Wildman–Crippen LogP) is 2.49. The first-order valence-corrected chi connectivity index (χ1v) is 7.08. The Morgan fingerprint density at radius 1 is 1.42 bits per heavy atom. The second kappa shape index (κ2) is 5.59. The molecule has 0 bridgehead atoms. The lowest BCUT2D eigenvalue weighted by Gasteiger charge is -2.37. The molecule has 2 unspecified atom stereocenters. The Morgan fingerprint density at radius 3 is 2.84 bits per heavy atom. The van der Waals surface area contributed by atoms with Crippen LogP contribution in [0, 0.1) is 5.92 Å². The summed E-state index contributed by atoms with van der Waals surface area (Å²) < 4.78 is 0. The van der Waals surface area contributed by atoms with E-state index in [1.165, 1.54) is 6.42 Å². The Labute approximate surface area is 115 Å². The number of nitrogens with two attached hydrogens (primary N) is 1. The molecule has 4 nitrogen and oxygen atoms in total. The van der Waals surface area contributed by atoms with E-state index in [9.17, 15) is 4.79 Å². The fourth-order valence-electron chi connectivity index (χ4n) is 2.65. The van der Waals surface area contributed by atoms with Gasteiger partial charge in [0.15, 0.2) is 0 Å². The van der Waals surface area contributed by atoms with Crippen LogP contribution in [-0.4, -0.2) is 28.4 Å². The number of carbonyl (C=O) groups is 1. The van der Waals surface area contributed by atoms with Gasteiger partial charge in [0, 0.05) is 23.8 Å². The van der Waals surface area contributed by atoms with E-state index >= 15 is 0 Å². The van der Waals surface area contributed by atoms with Gasteiger partial charge in [0.1, 0.15) is 5.82 Å². The third-order valence-electron chi connectivity index (χ3n) is 3.89. The molecule has 2 rings (SSSR count). The molecular formula is C15H23N3O. The molecule has 1 saturated heterocycles. The monoisotopic (exact) mass is 261 g/mol. The third kappa shape index (κ3) is 3.06. The van der Waals surface area contributed by atoms with Crippen LogP contribution < -0.4 is 5.73 Å². The first-order chi connectivity index (χ1) is 9.01. The Balaban J connectivity index is 2.25. The SMILES string of the molecule is CCc1cc(C(=O)N2CC(C)CCC2C)cc(N)n1. The first kappa shape index (κ1) is 13.8. The number of amides is 1. The average molecular weight is 261 g/mol. The molecule has 1 aromatic rings. The normalized spacial score (nSPS) is 23.4. The summed E-state index contributed by atoms with van der Waals surface area (Å²) in [4.78, 5) is 18.8. The van der Waals surface area contributed by atoms with Gasteiger partial charge >= 0.3 is 0 Å². The molecular weight excluding hydrogens is 238 g/mol. The number of rotatable bonds is 2. The molecule has 1 aliphatic heterocycles. The van der Waals surface area contributed by atoms with Crippen molar-refractivity contribution in [2.75, 3.05) is 12.3 Å². The van der Waals surface area contributed by atoms with Crippen molar-refractivity contribution in [2.24, 2.45) is 5.92 Å². The molecule has 1 fully saturated rings. The molecule has 104 valence electrons. The molecule has 1 aliphatic rings. The smallest absolute Gasteiger partial charge is 0.254 e. The van der Waals surface area contributed by atoms with Gasteiger partial charge in [-0.15, -0.1) is 0 Å². The van der Waals surface area contributed by atoms with Crippen LogP contribution in [0.1, 0.15) is 49.7 Å². The molecule has 1 aromatic heterocycles. The van der Waals surface area contributed by atoms with Crippen LogP contribution >= 0.6 is 0 Å². The number of aryl methyl sites for hydroxylation is 1. The lowest BCUT2D eigenvalue weighted by molar-refractivity contribution is 0.0574. The number of nitrogen functional groups attached to an aromatic ring is 1. The topological polar surface area (TPSA) is 59.2 Å². The van der Waals surface area contributed by atoms with Gasteiger partial charge in [-0.2, -0.15) is 0 Å². The lowest BCUT2D eigenvalue weighted by Crippen LogP contribution is -2.45. The molecule has 19 heavy (non-hydrogen) atoms. The minimum atomic E-state index is 0.0860. The Hall–Kier alpha value is -1.58. The number of nitrogens with zero attached hydrogens (tertiary/aromatic N) is 2. The number of hydrogen-bond acceptors (Lipinski definition) is 3. The molecule has 2 atom stereocenters. The predicted molar refractivity (Wildman–Crippen MR) is 76.9 cm³/mol. The van der Waals surface area contributed by atoms with Crippen molar-refractivity contribution in [3.8, 4) is 0 Å². The Kier molecular flexibility index (Phi) is 4.08. The number of piperidine rings is 1. The molecule has 0 radical (unpaired) electrons. The maximum Gasteiger partial charge on any atom is 0.254 e. The van der Waals surface area contributed by atoms with E-state index < -0.39 is 0 Å². The van der Waals surface area contributed by atoms with E-state index in [-0.39, 0.29) is 5.91 Å². The van der Waals surface area contributed by atoms with Crippen molar-refractivity contribution in [3.63, 3.8) is 0 Å². The van der Waals surface area contributed by atoms with E-state index in [1.54, 1.807) is 6.07 Å². The summed E-state index contributed by atoms with van der Waals surface area (Å²) in [5.74, 6) is 1.09. The van der Waals surface area contributed by atoms with Gasteiger partial charge in [0.05, 0.1) is 0 Å². The lowest BCUT2D eigenvalue weighted by atomic mass is 9.94. The summed E-state index contributed by atoms with van der Waals surface area (Å²) in [6.07, 6.45) is 3.06. The highest BCUT2D eigenvalue weighted by atomic mass is 16.2.